The SMILES string of the molecule is COCCCNCCOCc1cccs1. The van der Waals surface area contributed by atoms with Gasteiger partial charge in [-0.1, -0.05) is 6.07 Å². The molecule has 1 aromatic heterocycles. The Labute approximate surface area is 95.4 Å². The van der Waals surface area contributed by atoms with Crippen molar-refractivity contribution in [1.29, 1.82) is 0 Å². The number of hydrogen-bond donors (Lipinski definition) is 1. The maximum absolute atomic E-state index is 5.50. The molecule has 0 radical (unpaired) electrons. The Hall–Kier alpha value is -0.420. The fraction of sp³-hybridized carbons (Fsp3) is 0.636. The quantitative estimate of drug-likeness (QED) is 0.656. The van der Waals surface area contributed by atoms with Gasteiger partial charge < -0.3 is 14.8 Å². The van der Waals surface area contributed by atoms with Gasteiger partial charge in [-0.3, -0.25) is 0 Å². The van der Waals surface area contributed by atoms with Crippen LogP contribution in [0.4, 0.5) is 0 Å². The zero-order valence-electron chi connectivity index (χ0n) is 9.20. The number of rotatable bonds is 9. The molecule has 0 saturated heterocycles. The van der Waals surface area contributed by atoms with Crippen LogP contribution in [0.2, 0.25) is 0 Å². The van der Waals surface area contributed by atoms with Gasteiger partial charge >= 0.3 is 0 Å². The van der Waals surface area contributed by atoms with Gasteiger partial charge in [0, 0.05) is 25.1 Å². The summed E-state index contributed by atoms with van der Waals surface area (Å²) in [6.07, 6.45) is 1.06. The minimum absolute atomic E-state index is 0.734. The number of thiophene rings is 1. The van der Waals surface area contributed by atoms with Crippen molar-refractivity contribution in [1.82, 2.24) is 5.32 Å². The second-order valence-corrected chi connectivity index (χ2v) is 4.26. The highest BCUT2D eigenvalue weighted by molar-refractivity contribution is 7.09. The first-order valence-corrected chi connectivity index (χ1v) is 6.11. The molecule has 0 aromatic carbocycles. The highest BCUT2D eigenvalue weighted by Gasteiger charge is 1.93. The lowest BCUT2D eigenvalue weighted by molar-refractivity contribution is 0.124. The van der Waals surface area contributed by atoms with Crippen LogP contribution in [-0.4, -0.2) is 33.4 Å². The van der Waals surface area contributed by atoms with E-state index in [0.717, 1.165) is 39.3 Å². The topological polar surface area (TPSA) is 30.5 Å². The zero-order chi connectivity index (χ0) is 10.8. The van der Waals surface area contributed by atoms with E-state index in [4.69, 9.17) is 9.47 Å². The van der Waals surface area contributed by atoms with Crippen LogP contribution >= 0.6 is 11.3 Å². The highest BCUT2D eigenvalue weighted by atomic mass is 32.1. The largest absolute Gasteiger partial charge is 0.385 e. The molecule has 0 spiro atoms. The summed E-state index contributed by atoms with van der Waals surface area (Å²) in [7, 11) is 1.73. The van der Waals surface area contributed by atoms with Crippen molar-refractivity contribution in [3.05, 3.63) is 22.4 Å². The summed E-state index contributed by atoms with van der Waals surface area (Å²) in [6.45, 7) is 4.23. The molecule has 0 aliphatic rings. The van der Waals surface area contributed by atoms with Crippen LogP contribution in [0.3, 0.4) is 0 Å². The monoisotopic (exact) mass is 229 g/mol. The lowest BCUT2D eigenvalue weighted by atomic mass is 10.4. The molecule has 0 aliphatic carbocycles. The second kappa shape index (κ2) is 8.85. The zero-order valence-corrected chi connectivity index (χ0v) is 10.0. The molecule has 0 amide bonds. The van der Waals surface area contributed by atoms with Gasteiger partial charge in [-0.25, -0.2) is 0 Å². The molecule has 3 nitrogen and oxygen atoms in total. The molecule has 0 fully saturated rings. The third kappa shape index (κ3) is 6.62. The van der Waals surface area contributed by atoms with Gasteiger partial charge in [0.15, 0.2) is 0 Å². The Bertz CT molecular complexity index is 227. The van der Waals surface area contributed by atoms with E-state index in [-0.39, 0.29) is 0 Å². The van der Waals surface area contributed by atoms with Crippen LogP contribution in [0.15, 0.2) is 17.5 Å². The molecule has 0 aliphatic heterocycles. The first-order valence-electron chi connectivity index (χ1n) is 5.23. The van der Waals surface area contributed by atoms with Crippen LogP contribution in [0, 0.1) is 0 Å². The number of nitrogens with one attached hydrogen (secondary N) is 1. The molecule has 15 heavy (non-hydrogen) atoms. The Morgan fingerprint density at radius 3 is 3.00 bits per heavy atom. The third-order valence-electron chi connectivity index (χ3n) is 1.95. The Morgan fingerprint density at radius 2 is 2.27 bits per heavy atom. The first kappa shape index (κ1) is 12.6. The van der Waals surface area contributed by atoms with E-state index in [1.54, 1.807) is 18.4 Å². The highest BCUT2D eigenvalue weighted by Crippen LogP contribution is 2.08. The van der Waals surface area contributed by atoms with Gasteiger partial charge in [0.1, 0.15) is 0 Å². The fourth-order valence-corrected chi connectivity index (χ4v) is 1.82. The second-order valence-electron chi connectivity index (χ2n) is 3.23. The molecule has 1 aromatic rings. The van der Waals surface area contributed by atoms with Crippen LogP contribution in [0.1, 0.15) is 11.3 Å². The van der Waals surface area contributed by atoms with Crippen LogP contribution in [0.5, 0.6) is 0 Å². The van der Waals surface area contributed by atoms with Crippen molar-refractivity contribution in [2.75, 3.05) is 33.4 Å². The molecule has 1 rings (SSSR count). The minimum Gasteiger partial charge on any atom is -0.385 e. The smallest absolute Gasteiger partial charge is 0.0809 e. The Kier molecular flexibility index (Phi) is 7.47. The van der Waals surface area contributed by atoms with Crippen molar-refractivity contribution < 1.29 is 9.47 Å². The lowest BCUT2D eigenvalue weighted by Gasteiger charge is -2.04. The summed E-state index contributed by atoms with van der Waals surface area (Å²) in [6, 6.07) is 4.14. The lowest BCUT2D eigenvalue weighted by Crippen LogP contribution is -2.21. The third-order valence-corrected chi connectivity index (χ3v) is 2.80. The summed E-state index contributed by atoms with van der Waals surface area (Å²) in [5, 5.41) is 5.37. The molecule has 86 valence electrons. The van der Waals surface area contributed by atoms with Crippen molar-refractivity contribution in [2.24, 2.45) is 0 Å². The number of methoxy groups -OCH3 is 1. The van der Waals surface area contributed by atoms with Crippen LogP contribution in [0.25, 0.3) is 0 Å². The predicted octanol–water partition coefficient (Wildman–Crippen LogP) is 1.89. The molecule has 1 heterocycles. The Morgan fingerprint density at radius 1 is 1.33 bits per heavy atom. The summed E-state index contributed by atoms with van der Waals surface area (Å²) in [5.74, 6) is 0. The van der Waals surface area contributed by atoms with E-state index < -0.39 is 0 Å². The van der Waals surface area contributed by atoms with E-state index in [0.29, 0.717) is 0 Å². The van der Waals surface area contributed by atoms with Gasteiger partial charge in [0.05, 0.1) is 13.2 Å². The summed E-state index contributed by atoms with van der Waals surface area (Å²) in [5.41, 5.74) is 0. The average molecular weight is 229 g/mol. The van der Waals surface area contributed by atoms with Gasteiger partial charge in [-0.05, 0) is 24.4 Å². The fourth-order valence-electron chi connectivity index (χ4n) is 1.18. The number of hydrogen-bond acceptors (Lipinski definition) is 4. The molecule has 0 unspecified atom stereocenters. The average Bonchev–Trinajstić information content (AvgIpc) is 2.75. The van der Waals surface area contributed by atoms with Crippen molar-refractivity contribution in [3.8, 4) is 0 Å². The van der Waals surface area contributed by atoms with E-state index in [1.165, 1.54) is 4.88 Å². The molecular weight excluding hydrogens is 210 g/mol. The molecule has 0 atom stereocenters. The minimum atomic E-state index is 0.734. The van der Waals surface area contributed by atoms with Crippen molar-refractivity contribution >= 4 is 11.3 Å². The molecule has 0 bridgehead atoms. The predicted molar refractivity (Wildman–Crippen MR) is 63.3 cm³/mol. The maximum Gasteiger partial charge on any atom is 0.0809 e. The summed E-state index contributed by atoms with van der Waals surface area (Å²) < 4.78 is 10.4. The normalized spacial score (nSPS) is 10.7. The van der Waals surface area contributed by atoms with Gasteiger partial charge in [-0.15, -0.1) is 11.3 Å². The molecular formula is C11H19NO2S. The standard InChI is InChI=1S/C11H19NO2S/c1-13-7-3-5-12-6-8-14-10-11-4-2-9-15-11/h2,4,9,12H,3,5-8,10H2,1H3. The van der Waals surface area contributed by atoms with E-state index in [1.807, 2.05) is 6.07 Å². The van der Waals surface area contributed by atoms with Crippen molar-refractivity contribution in [2.45, 2.75) is 13.0 Å². The summed E-state index contributed by atoms with van der Waals surface area (Å²) >= 11 is 1.74. The van der Waals surface area contributed by atoms with E-state index >= 15 is 0 Å². The maximum atomic E-state index is 5.50. The van der Waals surface area contributed by atoms with Crippen molar-refractivity contribution in [3.63, 3.8) is 0 Å². The van der Waals surface area contributed by atoms with E-state index in [2.05, 4.69) is 16.8 Å². The van der Waals surface area contributed by atoms with Crippen LogP contribution < -0.4 is 5.32 Å². The van der Waals surface area contributed by atoms with Gasteiger partial charge in [0.2, 0.25) is 0 Å². The Balaban J connectivity index is 1.81. The van der Waals surface area contributed by atoms with Gasteiger partial charge in [-0.2, -0.15) is 0 Å². The van der Waals surface area contributed by atoms with Gasteiger partial charge in [0.25, 0.3) is 0 Å². The summed E-state index contributed by atoms with van der Waals surface area (Å²) in [4.78, 5) is 1.29. The molecule has 1 N–H and O–H groups in total. The number of ether oxygens (including phenoxy) is 2. The van der Waals surface area contributed by atoms with E-state index in [9.17, 15) is 0 Å². The molecule has 0 saturated carbocycles. The molecule has 4 heteroatoms. The van der Waals surface area contributed by atoms with Crippen LogP contribution in [-0.2, 0) is 16.1 Å². The first-order chi connectivity index (χ1) is 7.43.